The lowest BCUT2D eigenvalue weighted by atomic mass is 10.1. The first-order valence-electron chi connectivity index (χ1n) is 7.45. The Hall–Kier alpha value is -1.37. The molecule has 0 saturated carbocycles. The molecule has 0 heterocycles. The highest BCUT2D eigenvalue weighted by Crippen LogP contribution is 2.13. The molecule has 1 aromatic rings. The van der Waals surface area contributed by atoms with Crippen LogP contribution in [0.15, 0.2) is 24.3 Å². The minimum Gasteiger partial charge on any atom is -0.309 e. The average molecular weight is 273 g/mol. The van der Waals surface area contributed by atoms with Crippen molar-refractivity contribution in [3.05, 3.63) is 35.4 Å². The zero-order chi connectivity index (χ0) is 15.1. The maximum atomic E-state index is 8.80. The Balaban J connectivity index is 2.46. The van der Waals surface area contributed by atoms with Gasteiger partial charge in [-0.25, -0.2) is 0 Å². The molecular formula is C17H27N3. The number of benzene rings is 1. The lowest BCUT2D eigenvalue weighted by Gasteiger charge is -2.31. The van der Waals surface area contributed by atoms with Gasteiger partial charge in [-0.15, -0.1) is 0 Å². The van der Waals surface area contributed by atoms with Crippen molar-refractivity contribution in [2.75, 3.05) is 13.1 Å². The largest absolute Gasteiger partial charge is 0.309 e. The van der Waals surface area contributed by atoms with Crippen LogP contribution in [-0.2, 0) is 0 Å². The predicted octanol–water partition coefficient (Wildman–Crippen LogP) is 3.33. The first-order chi connectivity index (χ1) is 9.45. The number of nitrogens with one attached hydrogen (secondary N) is 1. The highest BCUT2D eigenvalue weighted by molar-refractivity contribution is 5.32. The summed E-state index contributed by atoms with van der Waals surface area (Å²) in [7, 11) is 0. The summed E-state index contributed by atoms with van der Waals surface area (Å²) >= 11 is 0. The molecule has 3 nitrogen and oxygen atoms in total. The van der Waals surface area contributed by atoms with Gasteiger partial charge in [-0.05, 0) is 52.3 Å². The van der Waals surface area contributed by atoms with E-state index in [-0.39, 0.29) is 0 Å². The van der Waals surface area contributed by atoms with Gasteiger partial charge in [0.2, 0.25) is 0 Å². The van der Waals surface area contributed by atoms with E-state index in [0.29, 0.717) is 23.7 Å². The molecule has 1 unspecified atom stereocenters. The molecule has 0 aliphatic heterocycles. The van der Waals surface area contributed by atoms with Gasteiger partial charge < -0.3 is 5.32 Å². The topological polar surface area (TPSA) is 39.1 Å². The minimum absolute atomic E-state index is 0.309. The Labute approximate surface area is 123 Å². The van der Waals surface area contributed by atoms with E-state index < -0.39 is 0 Å². The van der Waals surface area contributed by atoms with Gasteiger partial charge >= 0.3 is 0 Å². The molecule has 1 aromatic carbocycles. The fourth-order valence-electron chi connectivity index (χ4n) is 2.49. The second kappa shape index (κ2) is 8.04. The highest BCUT2D eigenvalue weighted by atomic mass is 15.2. The predicted molar refractivity (Wildman–Crippen MR) is 84.6 cm³/mol. The van der Waals surface area contributed by atoms with Gasteiger partial charge in [0.15, 0.2) is 0 Å². The second-order valence-electron chi connectivity index (χ2n) is 5.83. The fraction of sp³-hybridized carbons (Fsp3) is 0.588. The molecule has 1 atom stereocenters. The fourth-order valence-corrected chi connectivity index (χ4v) is 2.49. The van der Waals surface area contributed by atoms with Gasteiger partial charge in [-0.2, -0.15) is 5.26 Å². The van der Waals surface area contributed by atoms with Crippen molar-refractivity contribution in [3.63, 3.8) is 0 Å². The van der Waals surface area contributed by atoms with Crippen molar-refractivity contribution in [3.8, 4) is 6.07 Å². The maximum absolute atomic E-state index is 8.80. The molecule has 0 fully saturated rings. The number of nitrogens with zero attached hydrogens (tertiary/aromatic N) is 2. The summed E-state index contributed by atoms with van der Waals surface area (Å²) in [5.74, 6) is 0. The van der Waals surface area contributed by atoms with Gasteiger partial charge in [0, 0.05) is 31.2 Å². The molecule has 1 rings (SSSR count). The summed E-state index contributed by atoms with van der Waals surface area (Å²) in [4.78, 5) is 2.48. The average Bonchev–Trinajstić information content (AvgIpc) is 2.42. The van der Waals surface area contributed by atoms with E-state index in [1.807, 2.05) is 24.3 Å². The lowest BCUT2D eigenvalue weighted by molar-refractivity contribution is 0.174. The SMILES string of the molecule is CC(NCCN(C(C)C)C(C)C)c1ccc(C#N)cc1. The van der Waals surface area contributed by atoms with E-state index in [1.54, 1.807) is 0 Å². The summed E-state index contributed by atoms with van der Waals surface area (Å²) in [5.41, 5.74) is 1.94. The third kappa shape index (κ3) is 4.96. The van der Waals surface area contributed by atoms with E-state index in [0.717, 1.165) is 13.1 Å². The van der Waals surface area contributed by atoms with Crippen LogP contribution < -0.4 is 5.32 Å². The maximum Gasteiger partial charge on any atom is 0.0991 e. The van der Waals surface area contributed by atoms with Crippen LogP contribution in [0.1, 0.15) is 51.8 Å². The molecule has 110 valence electrons. The van der Waals surface area contributed by atoms with Crippen molar-refractivity contribution >= 4 is 0 Å². The molecule has 0 aliphatic rings. The van der Waals surface area contributed by atoms with Crippen LogP contribution in [0.25, 0.3) is 0 Å². The molecule has 0 bridgehead atoms. The van der Waals surface area contributed by atoms with Gasteiger partial charge in [0.05, 0.1) is 11.6 Å². The minimum atomic E-state index is 0.309. The lowest BCUT2D eigenvalue weighted by Crippen LogP contribution is -2.41. The number of hydrogen-bond acceptors (Lipinski definition) is 3. The molecule has 3 heteroatoms. The van der Waals surface area contributed by atoms with E-state index in [9.17, 15) is 0 Å². The summed E-state index contributed by atoms with van der Waals surface area (Å²) < 4.78 is 0. The Morgan fingerprint density at radius 3 is 2.05 bits per heavy atom. The van der Waals surface area contributed by atoms with Gasteiger partial charge in [-0.3, -0.25) is 4.90 Å². The van der Waals surface area contributed by atoms with Crippen LogP contribution in [0.5, 0.6) is 0 Å². The van der Waals surface area contributed by atoms with E-state index in [2.05, 4.69) is 50.9 Å². The van der Waals surface area contributed by atoms with E-state index in [1.165, 1.54) is 5.56 Å². The van der Waals surface area contributed by atoms with Crippen molar-refractivity contribution in [2.45, 2.75) is 52.7 Å². The smallest absolute Gasteiger partial charge is 0.0991 e. The van der Waals surface area contributed by atoms with Crippen LogP contribution in [0.4, 0.5) is 0 Å². The normalized spacial score (nSPS) is 12.9. The van der Waals surface area contributed by atoms with Crippen molar-refractivity contribution in [2.24, 2.45) is 0 Å². The van der Waals surface area contributed by atoms with Crippen molar-refractivity contribution in [1.29, 1.82) is 5.26 Å². The van der Waals surface area contributed by atoms with Crippen LogP contribution in [0.3, 0.4) is 0 Å². The first kappa shape index (κ1) is 16.7. The van der Waals surface area contributed by atoms with Crippen molar-refractivity contribution < 1.29 is 0 Å². The standard InChI is InChI=1S/C17H27N3/c1-13(2)20(14(3)4)11-10-19-15(5)17-8-6-16(12-18)7-9-17/h6-9,13-15,19H,10-11H2,1-5H3. The Kier molecular flexibility index (Phi) is 6.70. The second-order valence-corrected chi connectivity index (χ2v) is 5.83. The molecule has 0 amide bonds. The number of nitriles is 1. The van der Waals surface area contributed by atoms with Gasteiger partial charge in [-0.1, -0.05) is 12.1 Å². The van der Waals surface area contributed by atoms with Crippen LogP contribution in [-0.4, -0.2) is 30.1 Å². The third-order valence-electron chi connectivity index (χ3n) is 3.69. The number of hydrogen-bond donors (Lipinski definition) is 1. The third-order valence-corrected chi connectivity index (χ3v) is 3.69. The zero-order valence-electron chi connectivity index (χ0n) is 13.4. The summed E-state index contributed by atoms with van der Waals surface area (Å²) in [5, 5.41) is 12.4. The van der Waals surface area contributed by atoms with Gasteiger partial charge in [0.1, 0.15) is 0 Å². The summed E-state index contributed by atoms with van der Waals surface area (Å²) in [6.45, 7) is 13.1. The zero-order valence-corrected chi connectivity index (χ0v) is 13.4. The van der Waals surface area contributed by atoms with Crippen LogP contribution in [0, 0.1) is 11.3 Å². The molecule has 0 aliphatic carbocycles. The Morgan fingerprint density at radius 1 is 1.05 bits per heavy atom. The van der Waals surface area contributed by atoms with E-state index >= 15 is 0 Å². The molecule has 0 radical (unpaired) electrons. The number of rotatable bonds is 7. The summed E-state index contributed by atoms with van der Waals surface area (Å²) in [6, 6.07) is 11.4. The van der Waals surface area contributed by atoms with Crippen LogP contribution >= 0.6 is 0 Å². The molecule has 1 N–H and O–H groups in total. The molecule has 0 aromatic heterocycles. The van der Waals surface area contributed by atoms with Gasteiger partial charge in [0.25, 0.3) is 0 Å². The molecule has 0 spiro atoms. The summed E-state index contributed by atoms with van der Waals surface area (Å²) in [6.07, 6.45) is 0. The van der Waals surface area contributed by atoms with E-state index in [4.69, 9.17) is 5.26 Å². The highest BCUT2D eigenvalue weighted by Gasteiger charge is 2.13. The Morgan fingerprint density at radius 2 is 1.60 bits per heavy atom. The molecule has 20 heavy (non-hydrogen) atoms. The Bertz CT molecular complexity index is 421. The van der Waals surface area contributed by atoms with Crippen LogP contribution in [0.2, 0.25) is 0 Å². The van der Waals surface area contributed by atoms with Crippen molar-refractivity contribution in [1.82, 2.24) is 10.2 Å². The monoisotopic (exact) mass is 273 g/mol. The molecular weight excluding hydrogens is 246 g/mol. The first-order valence-corrected chi connectivity index (χ1v) is 7.45. The molecule has 0 saturated heterocycles. The quantitative estimate of drug-likeness (QED) is 0.828.